The maximum absolute atomic E-state index is 13.0. The van der Waals surface area contributed by atoms with Gasteiger partial charge in [0.2, 0.25) is 5.91 Å². The van der Waals surface area contributed by atoms with E-state index in [4.69, 9.17) is 0 Å². The van der Waals surface area contributed by atoms with Crippen LogP contribution in [0.5, 0.6) is 0 Å². The quantitative estimate of drug-likeness (QED) is 0.727. The predicted octanol–water partition coefficient (Wildman–Crippen LogP) is 4.68. The highest BCUT2D eigenvalue weighted by Crippen LogP contribution is 2.32. The van der Waals surface area contributed by atoms with Crippen molar-refractivity contribution in [1.29, 1.82) is 0 Å². The largest absolute Gasteiger partial charge is 0.416 e. The fourth-order valence-electron chi connectivity index (χ4n) is 2.26. The molecule has 124 valence electrons. The van der Waals surface area contributed by atoms with Gasteiger partial charge >= 0.3 is 6.18 Å². The molecule has 0 fully saturated rings. The van der Waals surface area contributed by atoms with E-state index in [0.717, 1.165) is 25.0 Å². The van der Waals surface area contributed by atoms with E-state index in [-0.39, 0.29) is 23.9 Å². The van der Waals surface area contributed by atoms with Crippen LogP contribution in [0.15, 0.2) is 18.2 Å². The molecule has 0 heterocycles. The van der Waals surface area contributed by atoms with Crippen LogP contribution in [0.25, 0.3) is 0 Å². The van der Waals surface area contributed by atoms with Crippen molar-refractivity contribution >= 4 is 5.91 Å². The van der Waals surface area contributed by atoms with Crippen LogP contribution in [0.2, 0.25) is 0 Å². The number of alkyl halides is 3. The van der Waals surface area contributed by atoms with E-state index in [0.29, 0.717) is 18.9 Å². The van der Waals surface area contributed by atoms with Gasteiger partial charge in [0.1, 0.15) is 5.82 Å². The molecule has 0 bridgehead atoms. The molecule has 0 aliphatic carbocycles. The summed E-state index contributed by atoms with van der Waals surface area (Å²) in [6.07, 6.45) is -1.43. The van der Waals surface area contributed by atoms with E-state index in [1.54, 1.807) is 0 Å². The molecule has 0 aromatic heterocycles. The molecule has 1 amide bonds. The molecular weight excluding hydrogens is 298 g/mol. The number of amides is 1. The topological polar surface area (TPSA) is 29.1 Å². The normalized spacial score (nSPS) is 13.0. The Morgan fingerprint density at radius 3 is 2.50 bits per heavy atom. The van der Waals surface area contributed by atoms with E-state index in [9.17, 15) is 22.4 Å². The molecule has 0 saturated heterocycles. The average Bonchev–Trinajstić information content (AvgIpc) is 2.45. The van der Waals surface area contributed by atoms with Crippen LogP contribution in [0.3, 0.4) is 0 Å². The smallest absolute Gasteiger partial charge is 0.352 e. The van der Waals surface area contributed by atoms with Crippen molar-refractivity contribution in [3.8, 4) is 0 Å². The second kappa shape index (κ2) is 8.15. The third-order valence-corrected chi connectivity index (χ3v) is 3.60. The van der Waals surface area contributed by atoms with Gasteiger partial charge in [-0.05, 0) is 30.5 Å². The zero-order valence-corrected chi connectivity index (χ0v) is 12.8. The summed E-state index contributed by atoms with van der Waals surface area (Å²) in [5, 5.41) is 2.53. The minimum atomic E-state index is -4.64. The predicted molar refractivity (Wildman–Crippen MR) is 76.6 cm³/mol. The molecule has 1 aromatic rings. The number of unbranched alkanes of at least 4 members (excludes halogenated alkanes) is 1. The fourth-order valence-corrected chi connectivity index (χ4v) is 2.26. The van der Waals surface area contributed by atoms with Gasteiger partial charge < -0.3 is 5.32 Å². The maximum Gasteiger partial charge on any atom is 0.416 e. The Morgan fingerprint density at radius 2 is 1.95 bits per heavy atom. The highest BCUT2D eigenvalue weighted by molar-refractivity contribution is 5.78. The van der Waals surface area contributed by atoms with Crippen molar-refractivity contribution in [2.75, 3.05) is 0 Å². The van der Waals surface area contributed by atoms with Gasteiger partial charge in [0, 0.05) is 12.5 Å². The molecule has 0 radical (unpaired) electrons. The van der Waals surface area contributed by atoms with Crippen LogP contribution in [-0.2, 0) is 17.5 Å². The molecule has 0 saturated carbocycles. The van der Waals surface area contributed by atoms with Crippen LogP contribution in [0, 0.1) is 11.7 Å². The summed E-state index contributed by atoms with van der Waals surface area (Å²) in [5.74, 6) is -1.40. The van der Waals surface area contributed by atoms with Gasteiger partial charge in [-0.25, -0.2) is 4.39 Å². The standard InChI is InChI=1S/C16H21F4NO/c1-3-5-6-11(4-2)15(22)21-10-12-7-8-13(17)9-14(12)16(18,19)20/h7-9,11H,3-6,10H2,1-2H3,(H,21,22). The van der Waals surface area contributed by atoms with Gasteiger partial charge in [0.25, 0.3) is 0 Å². The van der Waals surface area contributed by atoms with Crippen molar-refractivity contribution in [3.05, 3.63) is 35.1 Å². The monoisotopic (exact) mass is 319 g/mol. The molecular formula is C16H21F4NO. The SMILES string of the molecule is CCCCC(CC)C(=O)NCc1ccc(F)cc1C(F)(F)F. The summed E-state index contributed by atoms with van der Waals surface area (Å²) < 4.78 is 51.6. The number of carbonyl (C=O) groups is 1. The van der Waals surface area contributed by atoms with Gasteiger partial charge in [-0.1, -0.05) is 32.8 Å². The van der Waals surface area contributed by atoms with Crippen molar-refractivity contribution < 1.29 is 22.4 Å². The first kappa shape index (κ1) is 18.5. The van der Waals surface area contributed by atoms with E-state index in [2.05, 4.69) is 5.32 Å². The van der Waals surface area contributed by atoms with Gasteiger partial charge in [-0.15, -0.1) is 0 Å². The number of halogens is 4. The number of carbonyl (C=O) groups excluding carboxylic acids is 1. The lowest BCUT2D eigenvalue weighted by atomic mass is 9.98. The van der Waals surface area contributed by atoms with Crippen molar-refractivity contribution in [3.63, 3.8) is 0 Å². The number of rotatable bonds is 7. The Labute approximate surface area is 127 Å². The lowest BCUT2D eigenvalue weighted by Crippen LogP contribution is -2.30. The third-order valence-electron chi connectivity index (χ3n) is 3.60. The van der Waals surface area contributed by atoms with Crippen molar-refractivity contribution in [2.24, 2.45) is 5.92 Å². The molecule has 1 rings (SSSR count). The lowest BCUT2D eigenvalue weighted by Gasteiger charge is -2.17. The first-order valence-corrected chi connectivity index (χ1v) is 7.42. The minimum Gasteiger partial charge on any atom is -0.352 e. The highest BCUT2D eigenvalue weighted by atomic mass is 19.4. The van der Waals surface area contributed by atoms with Gasteiger partial charge in [0.15, 0.2) is 0 Å². The lowest BCUT2D eigenvalue weighted by molar-refractivity contribution is -0.138. The van der Waals surface area contributed by atoms with E-state index in [1.807, 2.05) is 13.8 Å². The van der Waals surface area contributed by atoms with Crippen LogP contribution >= 0.6 is 0 Å². The second-order valence-electron chi connectivity index (χ2n) is 5.26. The molecule has 1 aromatic carbocycles. The number of hydrogen-bond acceptors (Lipinski definition) is 1. The summed E-state index contributed by atoms with van der Waals surface area (Å²) in [7, 11) is 0. The van der Waals surface area contributed by atoms with E-state index < -0.39 is 17.6 Å². The first-order valence-electron chi connectivity index (χ1n) is 7.42. The van der Waals surface area contributed by atoms with Crippen molar-refractivity contribution in [1.82, 2.24) is 5.32 Å². The van der Waals surface area contributed by atoms with Gasteiger partial charge in [-0.2, -0.15) is 13.2 Å². The first-order chi connectivity index (χ1) is 10.3. The Kier molecular flexibility index (Phi) is 6.84. The maximum atomic E-state index is 13.0. The minimum absolute atomic E-state index is 0.132. The molecule has 2 nitrogen and oxygen atoms in total. The molecule has 1 atom stereocenters. The molecule has 1 N–H and O–H groups in total. The number of benzene rings is 1. The molecule has 0 aliphatic rings. The molecule has 0 aliphatic heterocycles. The Hall–Kier alpha value is -1.59. The summed E-state index contributed by atoms with van der Waals surface area (Å²) in [6.45, 7) is 3.63. The van der Waals surface area contributed by atoms with Crippen LogP contribution in [0.1, 0.15) is 50.7 Å². The second-order valence-corrected chi connectivity index (χ2v) is 5.26. The fraction of sp³-hybridized carbons (Fsp3) is 0.562. The molecule has 22 heavy (non-hydrogen) atoms. The van der Waals surface area contributed by atoms with Crippen LogP contribution in [0.4, 0.5) is 17.6 Å². The van der Waals surface area contributed by atoms with Crippen LogP contribution in [-0.4, -0.2) is 5.91 Å². The zero-order valence-electron chi connectivity index (χ0n) is 12.8. The zero-order chi connectivity index (χ0) is 16.8. The molecule has 6 heteroatoms. The average molecular weight is 319 g/mol. The van der Waals surface area contributed by atoms with E-state index in [1.165, 1.54) is 0 Å². The Bertz CT molecular complexity index is 499. The van der Waals surface area contributed by atoms with Crippen molar-refractivity contribution in [2.45, 2.75) is 52.3 Å². The number of hydrogen-bond donors (Lipinski definition) is 1. The molecule has 1 unspecified atom stereocenters. The third kappa shape index (κ3) is 5.31. The van der Waals surface area contributed by atoms with E-state index >= 15 is 0 Å². The Balaban J connectivity index is 2.77. The summed E-state index contributed by atoms with van der Waals surface area (Å²) >= 11 is 0. The summed E-state index contributed by atoms with van der Waals surface area (Å²) in [5.41, 5.74) is -1.18. The highest BCUT2D eigenvalue weighted by Gasteiger charge is 2.33. The summed E-state index contributed by atoms with van der Waals surface area (Å²) in [4.78, 5) is 12.0. The van der Waals surface area contributed by atoms with Crippen LogP contribution < -0.4 is 5.32 Å². The Morgan fingerprint density at radius 1 is 1.27 bits per heavy atom. The summed E-state index contributed by atoms with van der Waals surface area (Å²) in [6, 6.07) is 2.48. The molecule has 0 spiro atoms. The number of nitrogens with one attached hydrogen (secondary N) is 1. The van der Waals surface area contributed by atoms with Gasteiger partial charge in [0.05, 0.1) is 5.56 Å². The van der Waals surface area contributed by atoms with Gasteiger partial charge in [-0.3, -0.25) is 4.79 Å².